The second-order valence-electron chi connectivity index (χ2n) is 7.91. The van der Waals surface area contributed by atoms with E-state index in [4.69, 9.17) is 4.42 Å². The molecule has 5 rings (SSSR count). The molecule has 2 unspecified atom stereocenters. The molecule has 1 N–H and O–H groups in total. The van der Waals surface area contributed by atoms with Gasteiger partial charge in [-0.15, -0.1) is 0 Å². The minimum atomic E-state index is -1.13. The van der Waals surface area contributed by atoms with Crippen molar-refractivity contribution in [3.8, 4) is 0 Å². The topological polar surface area (TPSA) is 87.3 Å². The maximum absolute atomic E-state index is 13.5. The van der Waals surface area contributed by atoms with Gasteiger partial charge in [0, 0.05) is 18.4 Å². The minimum Gasteiger partial charge on any atom is -0.453 e. The summed E-state index contributed by atoms with van der Waals surface area (Å²) in [6.07, 6.45) is 6.20. The molecular formula is C25H22N3O4+. The van der Waals surface area contributed by atoms with Crippen LogP contribution < -0.4 is 4.57 Å². The molecule has 1 aliphatic heterocycles. The van der Waals surface area contributed by atoms with Crippen molar-refractivity contribution in [2.24, 2.45) is 5.92 Å². The van der Waals surface area contributed by atoms with Crippen LogP contribution in [0.25, 0.3) is 11.0 Å². The summed E-state index contributed by atoms with van der Waals surface area (Å²) in [7, 11) is 0. The SMILES string of the molecule is O=C1C(=O)N(CCC[n+]2cc[nH]c2)C(c2ccccc2)C1C(=O)c1cc2ccccc2o1. The lowest BCUT2D eigenvalue weighted by molar-refractivity contribution is -0.695. The standard InChI is InChI=1S/C25H21N3O4/c29-23(20-15-18-9-4-5-10-19(18)32-20)21-22(17-7-2-1-3-8-17)28(25(31)24(21)30)13-6-12-27-14-11-26-16-27/h1-5,7-11,14-16,21-22H,6,12-13H2/p+1. The number of aryl methyl sites for hydroxylation is 1. The molecule has 1 aliphatic rings. The van der Waals surface area contributed by atoms with E-state index in [1.165, 1.54) is 4.90 Å². The number of ketones is 2. The Morgan fingerprint density at radius 1 is 1.06 bits per heavy atom. The molecule has 160 valence electrons. The highest BCUT2D eigenvalue weighted by atomic mass is 16.3. The highest BCUT2D eigenvalue weighted by molar-refractivity contribution is 6.43. The monoisotopic (exact) mass is 428 g/mol. The van der Waals surface area contributed by atoms with Crippen LogP contribution in [0.15, 0.2) is 83.8 Å². The van der Waals surface area contributed by atoms with Crippen LogP contribution in [0.3, 0.4) is 0 Å². The molecule has 1 amide bonds. The van der Waals surface area contributed by atoms with Gasteiger partial charge >= 0.3 is 0 Å². The van der Waals surface area contributed by atoms with Crippen LogP contribution in [0.5, 0.6) is 0 Å². The predicted octanol–water partition coefficient (Wildman–Crippen LogP) is 3.09. The number of carbonyl (C=O) groups is 3. The normalized spacial score (nSPS) is 18.6. The van der Waals surface area contributed by atoms with E-state index in [1.807, 2.05) is 71.8 Å². The van der Waals surface area contributed by atoms with Crippen molar-refractivity contribution in [1.29, 1.82) is 0 Å². The summed E-state index contributed by atoms with van der Waals surface area (Å²) in [5, 5.41) is 0.782. The first-order valence-electron chi connectivity index (χ1n) is 10.6. The quantitative estimate of drug-likeness (QED) is 0.212. The zero-order chi connectivity index (χ0) is 22.1. The summed E-state index contributed by atoms with van der Waals surface area (Å²) in [6.45, 7) is 1.05. The van der Waals surface area contributed by atoms with Gasteiger partial charge in [-0.2, -0.15) is 0 Å². The maximum Gasteiger partial charge on any atom is 0.291 e. The van der Waals surface area contributed by atoms with E-state index in [0.717, 1.165) is 10.9 Å². The fourth-order valence-corrected chi connectivity index (χ4v) is 4.39. The largest absolute Gasteiger partial charge is 0.453 e. The molecule has 4 aromatic rings. The predicted molar refractivity (Wildman–Crippen MR) is 116 cm³/mol. The van der Waals surface area contributed by atoms with Crippen molar-refractivity contribution in [3.05, 3.63) is 90.7 Å². The Kier molecular flexibility index (Phi) is 5.15. The van der Waals surface area contributed by atoms with Gasteiger partial charge in [0.1, 0.15) is 23.9 Å². The second-order valence-corrected chi connectivity index (χ2v) is 7.91. The number of H-pyrrole nitrogens is 1. The highest BCUT2D eigenvalue weighted by Crippen LogP contribution is 2.38. The van der Waals surface area contributed by atoms with Gasteiger partial charge in [-0.25, -0.2) is 4.57 Å². The Bertz CT molecular complexity index is 1240. The zero-order valence-corrected chi connectivity index (χ0v) is 17.3. The van der Waals surface area contributed by atoms with Crippen LogP contribution in [-0.4, -0.2) is 33.9 Å². The van der Waals surface area contributed by atoms with Gasteiger partial charge < -0.3 is 9.32 Å². The van der Waals surface area contributed by atoms with Gasteiger partial charge in [0.15, 0.2) is 5.76 Å². The molecule has 7 heteroatoms. The van der Waals surface area contributed by atoms with E-state index >= 15 is 0 Å². The molecule has 0 bridgehead atoms. The number of aromatic nitrogens is 2. The number of rotatable bonds is 7. The van der Waals surface area contributed by atoms with Crippen molar-refractivity contribution in [2.75, 3.05) is 6.54 Å². The molecule has 2 aromatic carbocycles. The lowest BCUT2D eigenvalue weighted by Crippen LogP contribution is -2.36. The van der Waals surface area contributed by atoms with E-state index in [0.29, 0.717) is 25.1 Å². The lowest BCUT2D eigenvalue weighted by atomic mass is 9.88. The van der Waals surface area contributed by atoms with E-state index < -0.39 is 29.4 Å². The first kappa shape index (κ1) is 19.9. The molecule has 2 atom stereocenters. The molecule has 3 heterocycles. The molecule has 0 spiro atoms. The summed E-state index contributed by atoms with van der Waals surface area (Å²) in [5.74, 6) is -2.80. The van der Waals surface area contributed by atoms with Gasteiger partial charge in [0.2, 0.25) is 17.9 Å². The Balaban J connectivity index is 1.47. The number of likely N-dealkylation sites (tertiary alicyclic amines) is 1. The van der Waals surface area contributed by atoms with Crippen LogP contribution in [0.1, 0.15) is 28.6 Å². The average molecular weight is 428 g/mol. The number of aromatic amines is 1. The molecule has 0 saturated carbocycles. The first-order valence-corrected chi connectivity index (χ1v) is 10.6. The van der Waals surface area contributed by atoms with E-state index in [-0.39, 0.29) is 5.76 Å². The smallest absolute Gasteiger partial charge is 0.291 e. The number of amides is 1. The molecular weight excluding hydrogens is 406 g/mol. The Hall–Kier alpha value is -4.00. The van der Waals surface area contributed by atoms with Gasteiger partial charge in [0.25, 0.3) is 5.91 Å². The summed E-state index contributed by atoms with van der Waals surface area (Å²) in [5.41, 5.74) is 1.33. The van der Waals surface area contributed by atoms with Gasteiger partial charge in [-0.3, -0.25) is 19.4 Å². The summed E-state index contributed by atoms with van der Waals surface area (Å²) in [6, 6.07) is 17.5. The van der Waals surface area contributed by atoms with Crippen LogP contribution in [0, 0.1) is 5.92 Å². The third-order valence-corrected chi connectivity index (χ3v) is 5.92. The van der Waals surface area contributed by atoms with Crippen LogP contribution in [0.2, 0.25) is 0 Å². The number of nitrogens with one attached hydrogen (secondary N) is 1. The van der Waals surface area contributed by atoms with Crippen LogP contribution in [-0.2, 0) is 16.1 Å². The van der Waals surface area contributed by atoms with Crippen molar-refractivity contribution in [2.45, 2.75) is 19.0 Å². The second kappa shape index (κ2) is 8.26. The number of nitrogens with zero attached hydrogens (tertiary/aromatic N) is 2. The average Bonchev–Trinajstić information content (AvgIpc) is 3.54. The number of carbonyl (C=O) groups excluding carboxylic acids is 3. The number of para-hydroxylation sites is 1. The third-order valence-electron chi connectivity index (χ3n) is 5.92. The molecule has 7 nitrogen and oxygen atoms in total. The van der Waals surface area contributed by atoms with Gasteiger partial charge in [-0.1, -0.05) is 48.5 Å². The lowest BCUT2D eigenvalue weighted by Gasteiger charge is -2.26. The molecule has 32 heavy (non-hydrogen) atoms. The van der Waals surface area contributed by atoms with Crippen LogP contribution >= 0.6 is 0 Å². The van der Waals surface area contributed by atoms with Gasteiger partial charge in [0.05, 0.1) is 12.6 Å². The van der Waals surface area contributed by atoms with Crippen molar-refractivity contribution in [3.63, 3.8) is 0 Å². The van der Waals surface area contributed by atoms with Crippen LogP contribution in [0.4, 0.5) is 0 Å². The fourth-order valence-electron chi connectivity index (χ4n) is 4.39. The van der Waals surface area contributed by atoms with Crippen molar-refractivity contribution in [1.82, 2.24) is 9.88 Å². The Labute approximate surface area is 184 Å². The number of Topliss-reactive ketones (excluding diaryl/α,β-unsaturated/α-hetero) is 2. The Morgan fingerprint density at radius 2 is 1.84 bits per heavy atom. The number of hydrogen-bond acceptors (Lipinski definition) is 4. The molecule has 0 radical (unpaired) electrons. The van der Waals surface area contributed by atoms with Crippen molar-refractivity contribution >= 4 is 28.4 Å². The van der Waals surface area contributed by atoms with E-state index in [2.05, 4.69) is 4.98 Å². The first-order chi connectivity index (χ1) is 15.6. The number of benzene rings is 2. The summed E-state index contributed by atoms with van der Waals surface area (Å²) >= 11 is 0. The fraction of sp³-hybridized carbons (Fsp3) is 0.200. The molecule has 2 aromatic heterocycles. The summed E-state index contributed by atoms with van der Waals surface area (Å²) in [4.78, 5) is 44.0. The number of imidazole rings is 1. The zero-order valence-electron chi connectivity index (χ0n) is 17.3. The van der Waals surface area contributed by atoms with E-state index in [1.54, 1.807) is 12.1 Å². The number of furan rings is 1. The van der Waals surface area contributed by atoms with E-state index in [9.17, 15) is 14.4 Å². The van der Waals surface area contributed by atoms with Crippen molar-refractivity contribution < 1.29 is 23.4 Å². The van der Waals surface area contributed by atoms with Gasteiger partial charge in [-0.05, 0) is 17.7 Å². The Morgan fingerprint density at radius 3 is 2.59 bits per heavy atom. The number of hydrogen-bond donors (Lipinski definition) is 1. The molecule has 0 aliphatic carbocycles. The summed E-state index contributed by atoms with van der Waals surface area (Å²) < 4.78 is 7.71. The third kappa shape index (κ3) is 3.51. The molecule has 1 fully saturated rings. The number of fused-ring (bicyclic) bond motifs is 1. The minimum absolute atomic E-state index is 0.100. The highest BCUT2D eigenvalue weighted by Gasteiger charge is 2.52. The maximum atomic E-state index is 13.5. The molecule has 1 saturated heterocycles.